The Bertz CT molecular complexity index is 469. The summed E-state index contributed by atoms with van der Waals surface area (Å²) in [6.45, 7) is 7.81. The third kappa shape index (κ3) is 3.79. The molecule has 3 rings (SSSR count). The number of hydrogen-bond donors (Lipinski definition) is 1. The quantitative estimate of drug-likeness (QED) is 0.823. The molecule has 1 saturated carbocycles. The van der Waals surface area contributed by atoms with Crippen LogP contribution in [-0.2, 0) is 12.8 Å². The average molecular weight is 287 g/mol. The first-order valence-electron chi connectivity index (χ1n) is 8.67. The highest BCUT2D eigenvalue weighted by atomic mass is 16.5. The Hall–Kier alpha value is -1.02. The van der Waals surface area contributed by atoms with Gasteiger partial charge in [0.1, 0.15) is 5.75 Å². The van der Waals surface area contributed by atoms with Crippen molar-refractivity contribution in [2.24, 2.45) is 17.8 Å². The standard InChI is InChI=1S/C19H29NO/c1-14(2)12-20-13-18-7-6-16(18)5-3-15-4-8-19-17(11-15)9-10-21-19/h4,8,11,14,16,18,20H,3,5-7,9-10,12-13H2,1-2H3. The summed E-state index contributed by atoms with van der Waals surface area (Å²) in [6, 6.07) is 6.79. The van der Waals surface area contributed by atoms with Crippen molar-refractivity contribution in [3.8, 4) is 5.75 Å². The molecule has 1 heterocycles. The molecule has 0 aromatic heterocycles. The molecular formula is C19H29NO. The van der Waals surface area contributed by atoms with Crippen molar-refractivity contribution in [1.29, 1.82) is 0 Å². The molecule has 0 amide bonds. The van der Waals surface area contributed by atoms with Gasteiger partial charge in [0.15, 0.2) is 0 Å². The summed E-state index contributed by atoms with van der Waals surface area (Å²) in [5.41, 5.74) is 2.91. The molecule has 0 saturated heterocycles. The Morgan fingerprint density at radius 2 is 2.10 bits per heavy atom. The molecule has 2 aliphatic rings. The number of aryl methyl sites for hydroxylation is 1. The summed E-state index contributed by atoms with van der Waals surface area (Å²) < 4.78 is 5.58. The molecule has 0 radical (unpaired) electrons. The molecule has 2 nitrogen and oxygen atoms in total. The summed E-state index contributed by atoms with van der Waals surface area (Å²) in [4.78, 5) is 0. The van der Waals surface area contributed by atoms with Crippen LogP contribution in [0.2, 0.25) is 0 Å². The number of nitrogens with one attached hydrogen (secondary N) is 1. The van der Waals surface area contributed by atoms with E-state index in [1.54, 1.807) is 0 Å². The first kappa shape index (κ1) is 14.9. The average Bonchev–Trinajstić information content (AvgIpc) is 2.89. The van der Waals surface area contributed by atoms with Gasteiger partial charge in [-0.2, -0.15) is 0 Å². The molecule has 1 aliphatic carbocycles. The zero-order valence-electron chi connectivity index (χ0n) is 13.5. The maximum Gasteiger partial charge on any atom is 0.122 e. The Kier molecular flexibility index (Phi) is 4.84. The van der Waals surface area contributed by atoms with Gasteiger partial charge >= 0.3 is 0 Å². The van der Waals surface area contributed by atoms with Gasteiger partial charge in [0.25, 0.3) is 0 Å². The third-order valence-corrected chi connectivity index (χ3v) is 5.09. The molecule has 1 aromatic carbocycles. The third-order valence-electron chi connectivity index (χ3n) is 5.09. The highest BCUT2D eigenvalue weighted by Crippen LogP contribution is 2.37. The molecule has 1 N–H and O–H groups in total. The van der Waals surface area contributed by atoms with Crippen molar-refractivity contribution >= 4 is 0 Å². The van der Waals surface area contributed by atoms with Crippen molar-refractivity contribution in [2.45, 2.75) is 46.0 Å². The van der Waals surface area contributed by atoms with E-state index in [2.05, 4.69) is 37.4 Å². The monoisotopic (exact) mass is 287 g/mol. The summed E-state index contributed by atoms with van der Waals surface area (Å²) >= 11 is 0. The van der Waals surface area contributed by atoms with E-state index < -0.39 is 0 Å². The van der Waals surface area contributed by atoms with Gasteiger partial charge in [-0.1, -0.05) is 26.0 Å². The van der Waals surface area contributed by atoms with Gasteiger partial charge in [-0.05, 0) is 73.7 Å². The van der Waals surface area contributed by atoms with Gasteiger partial charge in [0.2, 0.25) is 0 Å². The van der Waals surface area contributed by atoms with E-state index in [-0.39, 0.29) is 0 Å². The van der Waals surface area contributed by atoms with Gasteiger partial charge in [-0.25, -0.2) is 0 Å². The lowest BCUT2D eigenvalue weighted by molar-refractivity contribution is 0.159. The van der Waals surface area contributed by atoms with Crippen LogP contribution in [-0.4, -0.2) is 19.7 Å². The molecule has 2 atom stereocenters. The molecular weight excluding hydrogens is 258 g/mol. The highest BCUT2D eigenvalue weighted by Gasteiger charge is 2.29. The fourth-order valence-corrected chi connectivity index (χ4v) is 3.59. The van der Waals surface area contributed by atoms with Gasteiger partial charge in [-0.15, -0.1) is 0 Å². The molecule has 21 heavy (non-hydrogen) atoms. The molecule has 116 valence electrons. The second-order valence-corrected chi connectivity index (χ2v) is 7.23. The van der Waals surface area contributed by atoms with E-state index in [0.717, 1.165) is 43.1 Å². The fourth-order valence-electron chi connectivity index (χ4n) is 3.59. The Labute approximate surface area is 129 Å². The molecule has 1 aliphatic heterocycles. The van der Waals surface area contributed by atoms with E-state index in [1.807, 2.05) is 0 Å². The highest BCUT2D eigenvalue weighted by molar-refractivity contribution is 5.39. The first-order valence-corrected chi connectivity index (χ1v) is 8.67. The predicted octanol–water partition coefficient (Wildman–Crippen LogP) is 3.83. The van der Waals surface area contributed by atoms with Crippen molar-refractivity contribution in [2.75, 3.05) is 19.7 Å². The first-order chi connectivity index (χ1) is 10.2. The molecule has 1 aromatic rings. The topological polar surface area (TPSA) is 21.3 Å². The second-order valence-electron chi connectivity index (χ2n) is 7.23. The van der Waals surface area contributed by atoms with Crippen LogP contribution in [0.5, 0.6) is 5.75 Å². The Morgan fingerprint density at radius 3 is 2.86 bits per heavy atom. The van der Waals surface area contributed by atoms with Crippen LogP contribution in [0.3, 0.4) is 0 Å². The van der Waals surface area contributed by atoms with E-state index in [0.29, 0.717) is 0 Å². The van der Waals surface area contributed by atoms with Crippen molar-refractivity contribution in [1.82, 2.24) is 5.32 Å². The van der Waals surface area contributed by atoms with Crippen LogP contribution < -0.4 is 10.1 Å². The summed E-state index contributed by atoms with van der Waals surface area (Å²) in [5, 5.41) is 3.63. The zero-order chi connectivity index (χ0) is 14.7. The van der Waals surface area contributed by atoms with Crippen LogP contribution in [0.25, 0.3) is 0 Å². The Balaban J connectivity index is 1.43. The van der Waals surface area contributed by atoms with Crippen LogP contribution in [0.1, 0.15) is 44.2 Å². The van der Waals surface area contributed by atoms with Gasteiger partial charge in [-0.3, -0.25) is 0 Å². The lowest BCUT2D eigenvalue weighted by Crippen LogP contribution is -2.36. The molecule has 0 bridgehead atoms. The minimum atomic E-state index is 0.761. The maximum atomic E-state index is 5.58. The lowest BCUT2D eigenvalue weighted by atomic mass is 9.71. The summed E-state index contributed by atoms with van der Waals surface area (Å²) in [5.74, 6) is 3.73. The number of fused-ring (bicyclic) bond motifs is 1. The van der Waals surface area contributed by atoms with Crippen molar-refractivity contribution in [3.05, 3.63) is 29.3 Å². The zero-order valence-corrected chi connectivity index (χ0v) is 13.5. The normalized spacial score (nSPS) is 23.8. The van der Waals surface area contributed by atoms with Crippen LogP contribution >= 0.6 is 0 Å². The van der Waals surface area contributed by atoms with Crippen LogP contribution in [0.4, 0.5) is 0 Å². The fraction of sp³-hybridized carbons (Fsp3) is 0.684. The van der Waals surface area contributed by atoms with Crippen LogP contribution in [0, 0.1) is 17.8 Å². The number of hydrogen-bond acceptors (Lipinski definition) is 2. The minimum absolute atomic E-state index is 0.761. The van der Waals surface area contributed by atoms with Crippen LogP contribution in [0.15, 0.2) is 18.2 Å². The SMILES string of the molecule is CC(C)CNCC1CCC1CCc1ccc2c(c1)CCO2. The van der Waals surface area contributed by atoms with Gasteiger partial charge in [0.05, 0.1) is 6.61 Å². The van der Waals surface area contributed by atoms with E-state index >= 15 is 0 Å². The minimum Gasteiger partial charge on any atom is -0.493 e. The maximum absolute atomic E-state index is 5.58. The number of rotatable bonds is 7. The van der Waals surface area contributed by atoms with Gasteiger partial charge < -0.3 is 10.1 Å². The van der Waals surface area contributed by atoms with Crippen molar-refractivity contribution < 1.29 is 4.74 Å². The van der Waals surface area contributed by atoms with Gasteiger partial charge in [0, 0.05) is 6.42 Å². The van der Waals surface area contributed by atoms with Crippen molar-refractivity contribution in [3.63, 3.8) is 0 Å². The lowest BCUT2D eigenvalue weighted by Gasteiger charge is -2.37. The molecule has 2 unspecified atom stereocenters. The molecule has 1 fully saturated rings. The summed E-state index contributed by atoms with van der Waals surface area (Å²) in [6.07, 6.45) is 6.54. The smallest absolute Gasteiger partial charge is 0.122 e. The summed E-state index contributed by atoms with van der Waals surface area (Å²) in [7, 11) is 0. The predicted molar refractivity (Wildman–Crippen MR) is 87.9 cm³/mol. The second kappa shape index (κ2) is 6.83. The van der Waals surface area contributed by atoms with E-state index in [9.17, 15) is 0 Å². The number of ether oxygens (including phenoxy) is 1. The number of benzene rings is 1. The molecule has 0 spiro atoms. The molecule has 2 heteroatoms. The van der Waals surface area contributed by atoms with E-state index in [1.165, 1.54) is 43.4 Å². The Morgan fingerprint density at radius 1 is 1.24 bits per heavy atom. The van der Waals surface area contributed by atoms with E-state index in [4.69, 9.17) is 4.74 Å². The largest absolute Gasteiger partial charge is 0.493 e.